The Kier molecular flexibility index (Phi) is 9.11. The fourth-order valence-electron chi connectivity index (χ4n) is 2.53. The summed E-state index contributed by atoms with van der Waals surface area (Å²) in [5.41, 5.74) is 3.14. The molecule has 0 aliphatic carbocycles. The third-order valence-electron chi connectivity index (χ3n) is 3.85. The first kappa shape index (κ1) is 22.1. The number of ether oxygens (including phenoxy) is 1. The van der Waals surface area contributed by atoms with Crippen LogP contribution in [-0.2, 0) is 16.1 Å². The van der Waals surface area contributed by atoms with Gasteiger partial charge < -0.3 is 14.4 Å². The molecule has 0 aliphatic heterocycles. The van der Waals surface area contributed by atoms with Crippen molar-refractivity contribution in [3.8, 4) is 5.75 Å². The van der Waals surface area contributed by atoms with E-state index in [1.165, 1.54) is 7.11 Å². The van der Waals surface area contributed by atoms with Crippen LogP contribution in [0.5, 0.6) is 5.75 Å². The molecule has 28 heavy (non-hydrogen) atoms. The number of halogens is 2. The molecule has 0 atom stereocenters. The molecule has 7 heteroatoms. The molecule has 0 unspecified atom stereocenters. The summed E-state index contributed by atoms with van der Waals surface area (Å²) in [5.74, 6) is 0.776. The Hall–Kier alpha value is -2.24. The number of hydrogen-bond acceptors (Lipinski definition) is 5. The van der Waals surface area contributed by atoms with Gasteiger partial charge in [-0.2, -0.15) is 0 Å². The topological polar surface area (TPSA) is 52.4 Å². The standard InChI is InChI=1S/C21H24Cl2N2O3/c1-4-28-25-21(15(2)24-26-3)16-7-10-19(11-8-16)27-13-5-6-17-14-18(22)9-12-20(17)23/h7-12,14H,4-6,13H2,1-3H3/b24-15+,25-21-. The number of hydrogen-bond donors (Lipinski definition) is 0. The molecule has 150 valence electrons. The molecule has 2 aromatic rings. The molecule has 0 heterocycles. The molecular formula is C21H24Cl2N2O3. The maximum atomic E-state index is 6.18. The van der Waals surface area contributed by atoms with Gasteiger partial charge in [-0.05, 0) is 74.7 Å². The normalized spacial score (nSPS) is 12.0. The predicted molar refractivity (Wildman–Crippen MR) is 115 cm³/mol. The number of rotatable bonds is 10. The molecule has 0 saturated carbocycles. The SMILES string of the molecule is CCO/N=C(/C(C)=N/OC)c1ccc(OCCCc2cc(Cl)ccc2Cl)cc1. The van der Waals surface area contributed by atoms with Crippen LogP contribution in [0.1, 0.15) is 31.4 Å². The van der Waals surface area contributed by atoms with E-state index in [0.29, 0.717) is 29.7 Å². The van der Waals surface area contributed by atoms with Crippen LogP contribution in [0.2, 0.25) is 10.0 Å². The third kappa shape index (κ3) is 6.73. The van der Waals surface area contributed by atoms with E-state index in [4.69, 9.17) is 37.6 Å². The van der Waals surface area contributed by atoms with Crippen LogP contribution in [0.4, 0.5) is 0 Å². The highest BCUT2D eigenvalue weighted by molar-refractivity contribution is 6.47. The van der Waals surface area contributed by atoms with Crippen molar-refractivity contribution >= 4 is 34.6 Å². The van der Waals surface area contributed by atoms with Crippen molar-refractivity contribution in [1.29, 1.82) is 0 Å². The molecule has 0 N–H and O–H groups in total. The van der Waals surface area contributed by atoms with E-state index in [1.54, 1.807) is 6.07 Å². The first-order valence-corrected chi connectivity index (χ1v) is 9.76. The zero-order valence-electron chi connectivity index (χ0n) is 16.2. The zero-order valence-corrected chi connectivity index (χ0v) is 17.8. The minimum Gasteiger partial charge on any atom is -0.494 e. The van der Waals surface area contributed by atoms with Crippen LogP contribution in [0.3, 0.4) is 0 Å². The maximum absolute atomic E-state index is 6.18. The van der Waals surface area contributed by atoms with Gasteiger partial charge in [0.15, 0.2) is 0 Å². The smallest absolute Gasteiger partial charge is 0.134 e. The lowest BCUT2D eigenvalue weighted by atomic mass is 10.1. The minimum atomic E-state index is 0.474. The highest BCUT2D eigenvalue weighted by Crippen LogP contribution is 2.22. The van der Waals surface area contributed by atoms with Crippen LogP contribution in [0.15, 0.2) is 52.8 Å². The van der Waals surface area contributed by atoms with Crippen molar-refractivity contribution in [3.63, 3.8) is 0 Å². The Morgan fingerprint density at radius 2 is 1.79 bits per heavy atom. The molecule has 2 aromatic carbocycles. The first-order chi connectivity index (χ1) is 13.5. The molecule has 0 bridgehead atoms. The van der Waals surface area contributed by atoms with Gasteiger partial charge in [-0.3, -0.25) is 0 Å². The predicted octanol–water partition coefficient (Wildman–Crippen LogP) is 5.77. The average molecular weight is 423 g/mol. The van der Waals surface area contributed by atoms with Crippen molar-refractivity contribution in [1.82, 2.24) is 0 Å². The summed E-state index contributed by atoms with van der Waals surface area (Å²) in [6.07, 6.45) is 1.63. The van der Waals surface area contributed by atoms with E-state index in [0.717, 1.165) is 34.7 Å². The molecule has 0 spiro atoms. The van der Waals surface area contributed by atoms with Gasteiger partial charge in [-0.1, -0.05) is 33.5 Å². The van der Waals surface area contributed by atoms with Gasteiger partial charge in [0.2, 0.25) is 0 Å². The van der Waals surface area contributed by atoms with Gasteiger partial charge in [-0.25, -0.2) is 0 Å². The summed E-state index contributed by atoms with van der Waals surface area (Å²) in [4.78, 5) is 10.0. The fourth-order valence-corrected chi connectivity index (χ4v) is 2.94. The Balaban J connectivity index is 1.94. The third-order valence-corrected chi connectivity index (χ3v) is 4.45. The second-order valence-corrected chi connectivity index (χ2v) is 6.77. The van der Waals surface area contributed by atoms with E-state index < -0.39 is 0 Å². The van der Waals surface area contributed by atoms with Crippen LogP contribution in [0.25, 0.3) is 0 Å². The van der Waals surface area contributed by atoms with E-state index in [-0.39, 0.29) is 0 Å². The number of oxime groups is 2. The van der Waals surface area contributed by atoms with Crippen LogP contribution in [-0.4, -0.2) is 31.7 Å². The Morgan fingerprint density at radius 1 is 1.04 bits per heavy atom. The van der Waals surface area contributed by atoms with Crippen LogP contribution >= 0.6 is 23.2 Å². The van der Waals surface area contributed by atoms with E-state index in [9.17, 15) is 0 Å². The summed E-state index contributed by atoms with van der Waals surface area (Å²) >= 11 is 12.2. The van der Waals surface area contributed by atoms with Gasteiger partial charge in [0, 0.05) is 15.6 Å². The van der Waals surface area contributed by atoms with Gasteiger partial charge in [0.05, 0.1) is 6.61 Å². The second kappa shape index (κ2) is 11.6. The summed E-state index contributed by atoms with van der Waals surface area (Å²) in [6.45, 7) is 4.73. The largest absolute Gasteiger partial charge is 0.494 e. The van der Waals surface area contributed by atoms with Crippen LogP contribution in [0, 0.1) is 0 Å². The highest BCUT2D eigenvalue weighted by atomic mass is 35.5. The second-order valence-electron chi connectivity index (χ2n) is 5.93. The van der Waals surface area contributed by atoms with E-state index >= 15 is 0 Å². The number of benzene rings is 2. The summed E-state index contributed by atoms with van der Waals surface area (Å²) < 4.78 is 5.82. The maximum Gasteiger partial charge on any atom is 0.134 e. The fraction of sp³-hybridized carbons (Fsp3) is 0.333. The Labute approximate surface area is 175 Å². The first-order valence-electron chi connectivity index (χ1n) is 9.00. The summed E-state index contributed by atoms with van der Waals surface area (Å²) in [5, 5.41) is 9.47. The Bertz CT molecular complexity index is 821. The van der Waals surface area contributed by atoms with Crippen molar-refractivity contribution in [2.24, 2.45) is 10.3 Å². The zero-order chi connectivity index (χ0) is 20.4. The van der Waals surface area contributed by atoms with Crippen molar-refractivity contribution in [2.75, 3.05) is 20.3 Å². The molecule has 5 nitrogen and oxygen atoms in total. The van der Waals surface area contributed by atoms with E-state index in [1.807, 2.05) is 50.2 Å². The van der Waals surface area contributed by atoms with Crippen molar-refractivity contribution in [2.45, 2.75) is 26.7 Å². The molecule has 0 fully saturated rings. The Morgan fingerprint density at radius 3 is 2.46 bits per heavy atom. The van der Waals surface area contributed by atoms with E-state index in [2.05, 4.69) is 10.3 Å². The highest BCUT2D eigenvalue weighted by Gasteiger charge is 2.10. The molecule has 0 aliphatic rings. The number of aryl methyl sites for hydroxylation is 1. The molecule has 0 saturated heterocycles. The minimum absolute atomic E-state index is 0.474. The van der Waals surface area contributed by atoms with Gasteiger partial charge in [0.25, 0.3) is 0 Å². The quantitative estimate of drug-likeness (QED) is 0.277. The summed E-state index contributed by atoms with van der Waals surface area (Å²) in [6, 6.07) is 13.1. The molecule has 0 amide bonds. The lowest BCUT2D eigenvalue weighted by Gasteiger charge is -2.09. The monoisotopic (exact) mass is 422 g/mol. The van der Waals surface area contributed by atoms with Gasteiger partial charge in [-0.15, -0.1) is 0 Å². The van der Waals surface area contributed by atoms with Gasteiger partial charge >= 0.3 is 0 Å². The molecule has 0 radical (unpaired) electrons. The molecule has 0 aromatic heterocycles. The van der Waals surface area contributed by atoms with Gasteiger partial charge in [0.1, 0.15) is 30.9 Å². The molecule has 2 rings (SSSR count). The lowest BCUT2D eigenvalue weighted by Crippen LogP contribution is -2.13. The van der Waals surface area contributed by atoms with Crippen molar-refractivity contribution < 1.29 is 14.4 Å². The number of nitrogens with zero attached hydrogens (tertiary/aromatic N) is 2. The molecular weight excluding hydrogens is 399 g/mol. The van der Waals surface area contributed by atoms with Crippen LogP contribution < -0.4 is 4.74 Å². The van der Waals surface area contributed by atoms with Crippen molar-refractivity contribution in [3.05, 3.63) is 63.6 Å². The average Bonchev–Trinajstić information content (AvgIpc) is 2.69. The summed E-state index contributed by atoms with van der Waals surface area (Å²) in [7, 11) is 1.50. The lowest BCUT2D eigenvalue weighted by molar-refractivity contribution is 0.159.